The lowest BCUT2D eigenvalue weighted by Gasteiger charge is -2.05. The van der Waals surface area contributed by atoms with Crippen LogP contribution >= 0.6 is 0 Å². The highest BCUT2D eigenvalue weighted by atomic mass is 16.1. The molecule has 0 aromatic heterocycles. The van der Waals surface area contributed by atoms with E-state index in [2.05, 4.69) is 50.4 Å². The Labute approximate surface area is 148 Å². The minimum atomic E-state index is 0.00545. The number of amides is 1. The van der Waals surface area contributed by atoms with Crippen LogP contribution in [0.4, 0.5) is 0 Å². The van der Waals surface area contributed by atoms with E-state index < -0.39 is 0 Å². The maximum atomic E-state index is 11.8. The lowest BCUT2D eigenvalue weighted by Crippen LogP contribution is -2.21. The first-order valence-electron chi connectivity index (χ1n) is 9.69. The van der Waals surface area contributed by atoms with Crippen LogP contribution in [-0.2, 0) is 4.79 Å². The average Bonchev–Trinajstić information content (AvgIpc) is 2.59. The predicted octanol–water partition coefficient (Wildman–Crippen LogP) is 6.08. The Hall–Kier alpha value is -1.57. The van der Waals surface area contributed by atoms with E-state index in [4.69, 9.17) is 0 Å². The predicted molar refractivity (Wildman–Crippen MR) is 105 cm³/mol. The van der Waals surface area contributed by atoms with E-state index in [1.165, 1.54) is 50.5 Å². The van der Waals surface area contributed by atoms with Gasteiger partial charge in [0.05, 0.1) is 0 Å². The third kappa shape index (κ3) is 9.54. The summed E-state index contributed by atoms with van der Waals surface area (Å²) in [6.07, 6.45) is 13.8. The number of carbonyl (C=O) groups is 1. The van der Waals surface area contributed by atoms with E-state index in [0.29, 0.717) is 5.92 Å². The minimum Gasteiger partial charge on any atom is -0.353 e. The van der Waals surface area contributed by atoms with E-state index >= 15 is 0 Å². The normalized spacial score (nSPS) is 11.3. The van der Waals surface area contributed by atoms with Crippen molar-refractivity contribution in [3.8, 4) is 0 Å². The third-order valence-electron chi connectivity index (χ3n) is 4.36. The Balaban J connectivity index is 2.11. The number of unbranched alkanes of at least 4 members (excludes halogenated alkanes) is 7. The monoisotopic (exact) mass is 329 g/mol. The van der Waals surface area contributed by atoms with Gasteiger partial charge in [0.1, 0.15) is 0 Å². The summed E-state index contributed by atoms with van der Waals surface area (Å²) in [6, 6.07) is 8.39. The molecule has 1 amide bonds. The molecule has 0 unspecified atom stereocenters. The molecule has 0 saturated heterocycles. The second kappa shape index (κ2) is 12.8. The molecule has 1 N–H and O–H groups in total. The number of benzene rings is 1. The van der Waals surface area contributed by atoms with Crippen molar-refractivity contribution in [2.24, 2.45) is 0 Å². The number of carbonyl (C=O) groups excluding carboxylic acids is 1. The Kier molecular flexibility index (Phi) is 10.9. The second-order valence-electron chi connectivity index (χ2n) is 6.92. The molecule has 0 fully saturated rings. The zero-order valence-electron chi connectivity index (χ0n) is 15.8. The lowest BCUT2D eigenvalue weighted by atomic mass is 10.0. The third-order valence-corrected chi connectivity index (χ3v) is 4.36. The lowest BCUT2D eigenvalue weighted by molar-refractivity contribution is -0.116. The van der Waals surface area contributed by atoms with Crippen molar-refractivity contribution in [3.05, 3.63) is 41.5 Å². The molecule has 0 heterocycles. The average molecular weight is 330 g/mol. The molecule has 2 nitrogen and oxygen atoms in total. The first kappa shape index (κ1) is 20.5. The molecule has 1 aromatic carbocycles. The highest BCUT2D eigenvalue weighted by molar-refractivity contribution is 5.91. The van der Waals surface area contributed by atoms with Crippen molar-refractivity contribution in [2.75, 3.05) is 6.54 Å². The van der Waals surface area contributed by atoms with Crippen LogP contribution in [0.3, 0.4) is 0 Å². The van der Waals surface area contributed by atoms with Gasteiger partial charge >= 0.3 is 0 Å². The molecule has 24 heavy (non-hydrogen) atoms. The molecule has 0 radical (unpaired) electrons. The van der Waals surface area contributed by atoms with Crippen LogP contribution in [0.25, 0.3) is 6.08 Å². The molecule has 0 aliphatic carbocycles. The topological polar surface area (TPSA) is 29.1 Å². The summed E-state index contributed by atoms with van der Waals surface area (Å²) >= 11 is 0. The maximum Gasteiger partial charge on any atom is 0.243 e. The fraction of sp³-hybridized carbons (Fsp3) is 0.591. The summed E-state index contributed by atoms with van der Waals surface area (Å²) in [4.78, 5) is 11.8. The zero-order chi connectivity index (χ0) is 17.6. The van der Waals surface area contributed by atoms with E-state index in [0.717, 1.165) is 18.5 Å². The van der Waals surface area contributed by atoms with Crippen molar-refractivity contribution in [3.63, 3.8) is 0 Å². The highest BCUT2D eigenvalue weighted by Crippen LogP contribution is 2.15. The van der Waals surface area contributed by atoms with Crippen molar-refractivity contribution in [1.29, 1.82) is 0 Å². The van der Waals surface area contributed by atoms with Gasteiger partial charge in [0.25, 0.3) is 0 Å². The van der Waals surface area contributed by atoms with E-state index in [1.807, 2.05) is 6.08 Å². The van der Waals surface area contributed by atoms with Gasteiger partial charge in [0.2, 0.25) is 5.91 Å². The van der Waals surface area contributed by atoms with Gasteiger partial charge in [-0.1, -0.05) is 90.0 Å². The van der Waals surface area contributed by atoms with Crippen LogP contribution in [0.5, 0.6) is 0 Å². The Morgan fingerprint density at radius 2 is 1.54 bits per heavy atom. The van der Waals surface area contributed by atoms with E-state index in [1.54, 1.807) is 6.08 Å². The van der Waals surface area contributed by atoms with Crippen LogP contribution in [0.15, 0.2) is 30.3 Å². The van der Waals surface area contributed by atoms with Gasteiger partial charge in [-0.05, 0) is 29.5 Å². The molecule has 0 aliphatic rings. The Bertz CT molecular complexity index is 473. The number of nitrogens with one attached hydrogen (secondary N) is 1. The number of hydrogen-bond donors (Lipinski definition) is 1. The molecular formula is C22H35NO. The quantitative estimate of drug-likeness (QED) is 0.365. The molecule has 1 aromatic rings. The van der Waals surface area contributed by atoms with Crippen LogP contribution in [0.2, 0.25) is 0 Å². The van der Waals surface area contributed by atoms with E-state index in [-0.39, 0.29) is 5.91 Å². The largest absolute Gasteiger partial charge is 0.353 e. The van der Waals surface area contributed by atoms with Gasteiger partial charge in [0, 0.05) is 12.6 Å². The maximum absolute atomic E-state index is 11.8. The smallest absolute Gasteiger partial charge is 0.243 e. The summed E-state index contributed by atoms with van der Waals surface area (Å²) < 4.78 is 0. The molecule has 134 valence electrons. The summed E-state index contributed by atoms with van der Waals surface area (Å²) in [5.74, 6) is 0.545. The SMILES string of the molecule is CCCCCCCCCCNC(=O)/C=C/c1ccc(C(C)C)cc1. The molecule has 0 aliphatic heterocycles. The fourth-order valence-corrected chi connectivity index (χ4v) is 2.69. The van der Waals surface area contributed by atoms with Crippen LogP contribution < -0.4 is 5.32 Å². The van der Waals surface area contributed by atoms with Crippen LogP contribution in [0.1, 0.15) is 89.2 Å². The van der Waals surface area contributed by atoms with Gasteiger partial charge in [0.15, 0.2) is 0 Å². The van der Waals surface area contributed by atoms with Gasteiger partial charge in [-0.15, -0.1) is 0 Å². The Morgan fingerprint density at radius 3 is 2.12 bits per heavy atom. The molecule has 0 spiro atoms. The van der Waals surface area contributed by atoms with Gasteiger partial charge in [-0.2, -0.15) is 0 Å². The van der Waals surface area contributed by atoms with Crippen molar-refractivity contribution in [1.82, 2.24) is 5.32 Å². The minimum absolute atomic E-state index is 0.00545. The molecule has 1 rings (SSSR count). The number of hydrogen-bond acceptors (Lipinski definition) is 1. The zero-order valence-corrected chi connectivity index (χ0v) is 15.8. The number of rotatable bonds is 12. The summed E-state index contributed by atoms with van der Waals surface area (Å²) in [5.41, 5.74) is 2.40. The summed E-state index contributed by atoms with van der Waals surface area (Å²) in [5, 5.41) is 2.97. The van der Waals surface area contributed by atoms with E-state index in [9.17, 15) is 4.79 Å². The summed E-state index contributed by atoms with van der Waals surface area (Å²) in [7, 11) is 0. The second-order valence-corrected chi connectivity index (χ2v) is 6.92. The van der Waals surface area contributed by atoms with Crippen molar-refractivity contribution in [2.45, 2.75) is 78.1 Å². The molecule has 0 bridgehead atoms. The molecule has 2 heteroatoms. The van der Waals surface area contributed by atoms with Crippen molar-refractivity contribution >= 4 is 12.0 Å². The first-order chi connectivity index (χ1) is 11.6. The highest BCUT2D eigenvalue weighted by Gasteiger charge is 1.98. The Morgan fingerprint density at radius 1 is 0.958 bits per heavy atom. The standard InChI is InChI=1S/C22H35NO/c1-4-5-6-7-8-9-10-11-18-23-22(24)17-14-20-12-15-21(16-13-20)19(2)3/h12-17,19H,4-11,18H2,1-3H3,(H,23,24)/b17-14+. The summed E-state index contributed by atoms with van der Waals surface area (Å²) in [6.45, 7) is 7.40. The molecule has 0 saturated carbocycles. The molecular weight excluding hydrogens is 294 g/mol. The first-order valence-corrected chi connectivity index (χ1v) is 9.69. The van der Waals surface area contributed by atoms with Crippen molar-refractivity contribution < 1.29 is 4.79 Å². The van der Waals surface area contributed by atoms with Crippen LogP contribution in [-0.4, -0.2) is 12.5 Å². The van der Waals surface area contributed by atoms with Crippen LogP contribution in [0, 0.1) is 0 Å². The fourth-order valence-electron chi connectivity index (χ4n) is 2.69. The van der Waals surface area contributed by atoms with Gasteiger partial charge in [-0.25, -0.2) is 0 Å². The molecule has 0 atom stereocenters. The van der Waals surface area contributed by atoms with Gasteiger partial charge < -0.3 is 5.32 Å². The van der Waals surface area contributed by atoms with Gasteiger partial charge in [-0.3, -0.25) is 4.79 Å².